The lowest BCUT2D eigenvalue weighted by atomic mass is 10.2. The number of halogens is 1. The molecule has 5 rings (SSSR count). The molecule has 2 heterocycles. The highest BCUT2D eigenvalue weighted by molar-refractivity contribution is 9.10. The van der Waals surface area contributed by atoms with Crippen molar-refractivity contribution in [2.45, 2.75) is 13.0 Å². The number of fused-ring (bicyclic) bond motifs is 2. The summed E-state index contributed by atoms with van der Waals surface area (Å²) in [4.78, 5) is 40.0. The number of furan rings is 1. The van der Waals surface area contributed by atoms with Crippen LogP contribution in [0.2, 0.25) is 0 Å². The molecule has 0 aliphatic carbocycles. The van der Waals surface area contributed by atoms with Crippen LogP contribution in [-0.4, -0.2) is 38.0 Å². The maximum Gasteiger partial charge on any atom is 0.344 e. The molecule has 1 atom stereocenters. The highest BCUT2D eigenvalue weighted by Crippen LogP contribution is 2.30. The van der Waals surface area contributed by atoms with Gasteiger partial charge in [-0.1, -0.05) is 28.1 Å². The van der Waals surface area contributed by atoms with Crippen LogP contribution in [0.15, 0.2) is 85.5 Å². The van der Waals surface area contributed by atoms with Gasteiger partial charge in [-0.25, -0.2) is 9.78 Å². The lowest BCUT2D eigenvalue weighted by Gasteiger charge is -2.10. The predicted molar refractivity (Wildman–Crippen MR) is 143 cm³/mol. The van der Waals surface area contributed by atoms with Gasteiger partial charge >= 0.3 is 11.7 Å². The predicted octanol–water partition coefficient (Wildman–Crippen LogP) is 5.21. The Bertz CT molecular complexity index is 1830. The molecule has 38 heavy (non-hydrogen) atoms. The first-order chi connectivity index (χ1) is 18.2. The standard InChI is InChI=1S/C26H17BrN4O7/c1-14(26(33)34)37-22-8-6-15(10-20(22)31(35)36)13-28-30-24(29-19-5-3-2-4-18(19)25(30)32)23-12-16-11-17(27)7-9-21(16)38-23/h2-14H,1H3,(H,33,34)/t14-/m1/s1. The Morgan fingerprint density at radius 1 is 1.21 bits per heavy atom. The Hall–Kier alpha value is -4.84. The highest BCUT2D eigenvalue weighted by Gasteiger charge is 2.21. The number of ether oxygens (including phenoxy) is 1. The van der Waals surface area contributed by atoms with Gasteiger partial charge in [0.1, 0.15) is 5.58 Å². The number of rotatable bonds is 7. The molecule has 0 saturated heterocycles. The molecular weight excluding hydrogens is 560 g/mol. The van der Waals surface area contributed by atoms with Crippen LogP contribution in [-0.2, 0) is 4.79 Å². The Labute approximate surface area is 221 Å². The second kappa shape index (κ2) is 9.90. The SMILES string of the molecule is C[C@@H](Oc1ccc(C=Nn2c(-c3cc4cc(Br)ccc4o3)nc3ccccc3c2=O)cc1[N+](=O)[O-])C(=O)O. The Morgan fingerprint density at radius 3 is 2.76 bits per heavy atom. The molecule has 3 aromatic carbocycles. The molecule has 0 aliphatic rings. The normalized spacial score (nSPS) is 12.3. The average Bonchev–Trinajstić information content (AvgIpc) is 3.31. The van der Waals surface area contributed by atoms with Crippen LogP contribution in [0.25, 0.3) is 33.5 Å². The van der Waals surface area contributed by atoms with E-state index in [0.29, 0.717) is 22.2 Å². The van der Waals surface area contributed by atoms with Crippen LogP contribution >= 0.6 is 15.9 Å². The van der Waals surface area contributed by atoms with E-state index in [1.807, 2.05) is 12.1 Å². The molecule has 0 aliphatic heterocycles. The molecule has 0 unspecified atom stereocenters. The molecule has 0 saturated carbocycles. The summed E-state index contributed by atoms with van der Waals surface area (Å²) < 4.78 is 13.1. The van der Waals surface area contributed by atoms with Crippen LogP contribution < -0.4 is 10.3 Å². The van der Waals surface area contributed by atoms with Crippen LogP contribution in [0, 0.1) is 10.1 Å². The lowest BCUT2D eigenvalue weighted by Crippen LogP contribution is -2.23. The number of carboxylic acids is 1. The number of carbonyl (C=O) groups is 1. The number of nitro groups is 1. The van der Waals surface area contributed by atoms with Gasteiger partial charge in [-0.05, 0) is 55.5 Å². The van der Waals surface area contributed by atoms with Crippen LogP contribution in [0.5, 0.6) is 5.75 Å². The summed E-state index contributed by atoms with van der Waals surface area (Å²) in [5, 5.41) is 26.1. The molecule has 12 heteroatoms. The summed E-state index contributed by atoms with van der Waals surface area (Å²) in [5.41, 5.74) is 0.391. The third-order valence-electron chi connectivity index (χ3n) is 5.61. The van der Waals surface area contributed by atoms with Gasteiger partial charge in [0.05, 0.1) is 22.0 Å². The lowest BCUT2D eigenvalue weighted by molar-refractivity contribution is -0.386. The topological polar surface area (TPSA) is 150 Å². The molecule has 0 spiro atoms. The molecule has 0 amide bonds. The summed E-state index contributed by atoms with van der Waals surface area (Å²) in [6.45, 7) is 1.26. The first-order valence-electron chi connectivity index (χ1n) is 11.1. The molecule has 190 valence electrons. The van der Waals surface area contributed by atoms with E-state index in [1.165, 1.54) is 31.3 Å². The van der Waals surface area contributed by atoms with Gasteiger partial charge in [0.15, 0.2) is 17.6 Å². The van der Waals surface area contributed by atoms with E-state index in [2.05, 4.69) is 26.0 Å². The fourth-order valence-electron chi connectivity index (χ4n) is 3.74. The smallest absolute Gasteiger partial charge is 0.344 e. The van der Waals surface area contributed by atoms with Crippen molar-refractivity contribution in [3.8, 4) is 17.3 Å². The van der Waals surface area contributed by atoms with Crippen molar-refractivity contribution in [3.63, 3.8) is 0 Å². The minimum atomic E-state index is -1.29. The Balaban J connectivity index is 1.62. The molecule has 0 bridgehead atoms. The zero-order valence-electron chi connectivity index (χ0n) is 19.6. The minimum Gasteiger partial charge on any atom is -0.479 e. The minimum absolute atomic E-state index is 0.141. The third kappa shape index (κ3) is 4.76. The number of carboxylic acid groups (broad SMARTS) is 1. The Morgan fingerprint density at radius 2 is 2.00 bits per heavy atom. The molecule has 11 nitrogen and oxygen atoms in total. The second-order valence-electron chi connectivity index (χ2n) is 8.19. The van der Waals surface area contributed by atoms with E-state index in [-0.39, 0.29) is 17.1 Å². The van der Waals surface area contributed by atoms with Gasteiger partial charge in [-0.15, -0.1) is 0 Å². The zero-order valence-corrected chi connectivity index (χ0v) is 21.2. The fraction of sp³-hybridized carbons (Fsp3) is 0.0769. The fourth-order valence-corrected chi connectivity index (χ4v) is 4.12. The number of aliphatic carboxylic acids is 1. The van der Waals surface area contributed by atoms with Crippen LogP contribution in [0.3, 0.4) is 0 Å². The van der Waals surface area contributed by atoms with Gasteiger partial charge < -0.3 is 14.3 Å². The summed E-state index contributed by atoms with van der Waals surface area (Å²) in [5.74, 6) is -1.03. The second-order valence-corrected chi connectivity index (χ2v) is 9.11. The monoisotopic (exact) mass is 576 g/mol. The zero-order chi connectivity index (χ0) is 27.0. The number of benzene rings is 3. The molecule has 0 radical (unpaired) electrons. The maximum absolute atomic E-state index is 13.4. The van der Waals surface area contributed by atoms with E-state index in [1.54, 1.807) is 36.4 Å². The molecule has 5 aromatic rings. The number of para-hydroxylation sites is 1. The van der Waals surface area contributed by atoms with Gasteiger partial charge in [-0.3, -0.25) is 14.9 Å². The largest absolute Gasteiger partial charge is 0.479 e. The summed E-state index contributed by atoms with van der Waals surface area (Å²) in [6.07, 6.45) is -0.0275. The van der Waals surface area contributed by atoms with Crippen LogP contribution in [0.1, 0.15) is 12.5 Å². The molecular formula is C26H17BrN4O7. The van der Waals surface area contributed by atoms with Gasteiger partial charge in [0.2, 0.25) is 5.82 Å². The van der Waals surface area contributed by atoms with E-state index >= 15 is 0 Å². The van der Waals surface area contributed by atoms with Crippen molar-refractivity contribution < 1.29 is 24.0 Å². The van der Waals surface area contributed by atoms with Crippen molar-refractivity contribution in [2.24, 2.45) is 5.10 Å². The van der Waals surface area contributed by atoms with Crippen LogP contribution in [0.4, 0.5) is 5.69 Å². The van der Waals surface area contributed by atoms with Crippen molar-refractivity contribution in [1.29, 1.82) is 0 Å². The number of nitrogens with zero attached hydrogens (tertiary/aromatic N) is 4. The molecule has 2 aromatic heterocycles. The number of nitro benzene ring substituents is 1. The van der Waals surface area contributed by atoms with E-state index in [4.69, 9.17) is 14.3 Å². The maximum atomic E-state index is 13.4. The van der Waals surface area contributed by atoms with E-state index in [0.717, 1.165) is 14.5 Å². The average molecular weight is 577 g/mol. The van der Waals surface area contributed by atoms with Crippen molar-refractivity contribution >= 4 is 55.7 Å². The van der Waals surface area contributed by atoms with Crippen molar-refractivity contribution in [2.75, 3.05) is 0 Å². The summed E-state index contributed by atoms with van der Waals surface area (Å²) in [7, 11) is 0. The van der Waals surface area contributed by atoms with Crippen molar-refractivity contribution in [3.05, 3.63) is 97.2 Å². The first-order valence-corrected chi connectivity index (χ1v) is 11.9. The molecule has 0 fully saturated rings. The van der Waals surface area contributed by atoms with E-state index < -0.39 is 28.2 Å². The Kier molecular flexibility index (Phi) is 6.47. The van der Waals surface area contributed by atoms with Gasteiger partial charge in [-0.2, -0.15) is 9.78 Å². The number of hydrogen-bond donors (Lipinski definition) is 1. The van der Waals surface area contributed by atoms with Crippen molar-refractivity contribution in [1.82, 2.24) is 9.66 Å². The quantitative estimate of drug-likeness (QED) is 0.157. The van der Waals surface area contributed by atoms with E-state index in [9.17, 15) is 19.7 Å². The summed E-state index contributed by atoms with van der Waals surface area (Å²) in [6, 6.07) is 17.9. The third-order valence-corrected chi connectivity index (χ3v) is 6.10. The number of aromatic nitrogens is 2. The van der Waals surface area contributed by atoms with Gasteiger partial charge in [0.25, 0.3) is 5.56 Å². The first kappa shape index (κ1) is 24.8. The number of hydrogen-bond acceptors (Lipinski definition) is 8. The van der Waals surface area contributed by atoms with Gasteiger partial charge in [0, 0.05) is 21.5 Å². The molecule has 1 N–H and O–H groups in total. The highest BCUT2D eigenvalue weighted by atomic mass is 79.9. The summed E-state index contributed by atoms with van der Waals surface area (Å²) >= 11 is 3.43.